The molecule has 124 valence electrons. The lowest BCUT2D eigenvalue weighted by atomic mass is 9.81. The van der Waals surface area contributed by atoms with Gasteiger partial charge in [-0.25, -0.2) is 0 Å². The van der Waals surface area contributed by atoms with E-state index in [2.05, 4.69) is 31.2 Å². The topological polar surface area (TPSA) is 34.1 Å². The van der Waals surface area contributed by atoms with Gasteiger partial charge in [-0.05, 0) is 30.0 Å². The molecule has 1 aromatic heterocycles. The zero-order chi connectivity index (χ0) is 17.8. The lowest BCUT2D eigenvalue weighted by molar-refractivity contribution is 0.0980. The van der Waals surface area contributed by atoms with Crippen LogP contribution < -0.4 is 0 Å². The van der Waals surface area contributed by atoms with E-state index >= 15 is 0 Å². The van der Waals surface area contributed by atoms with Crippen LogP contribution in [0.2, 0.25) is 0 Å². The summed E-state index contributed by atoms with van der Waals surface area (Å²) in [5.74, 6) is -0.134. The van der Waals surface area contributed by atoms with Crippen LogP contribution >= 0.6 is 11.3 Å². The Balaban J connectivity index is 1.85. The molecule has 3 aromatic carbocycles. The highest BCUT2D eigenvalue weighted by molar-refractivity contribution is 7.17. The van der Waals surface area contributed by atoms with E-state index in [0.717, 1.165) is 21.2 Å². The van der Waals surface area contributed by atoms with Gasteiger partial charge < -0.3 is 0 Å². The first-order chi connectivity index (χ1) is 12.6. The summed E-state index contributed by atoms with van der Waals surface area (Å²) in [7, 11) is 0. The molecule has 0 radical (unpaired) electrons. The molecule has 0 amide bonds. The van der Waals surface area contributed by atoms with Gasteiger partial charge in [0.05, 0.1) is 0 Å². The fourth-order valence-electron chi connectivity index (χ4n) is 3.67. The molecule has 0 bridgehead atoms. The number of carbonyl (C=O) groups excluding carboxylic acids is 2. The Labute approximate surface area is 154 Å². The summed E-state index contributed by atoms with van der Waals surface area (Å²) in [6.45, 7) is 2.05. The number of carbonyl (C=O) groups is 2. The molecule has 0 aliphatic heterocycles. The molecule has 1 aliphatic rings. The minimum Gasteiger partial charge on any atom is -0.289 e. The van der Waals surface area contributed by atoms with Crippen LogP contribution in [0.3, 0.4) is 0 Å². The van der Waals surface area contributed by atoms with E-state index in [1.165, 1.54) is 5.56 Å². The number of fused-ring (bicyclic) bond motifs is 4. The van der Waals surface area contributed by atoms with Crippen LogP contribution in [0.25, 0.3) is 21.2 Å². The highest BCUT2D eigenvalue weighted by Crippen LogP contribution is 2.40. The molecule has 0 N–H and O–H groups in total. The maximum atomic E-state index is 13.1. The normalized spacial score (nSPS) is 13.0. The molecule has 2 nitrogen and oxygen atoms in total. The predicted octanol–water partition coefficient (Wildman–Crippen LogP) is 5.65. The van der Waals surface area contributed by atoms with Crippen molar-refractivity contribution < 1.29 is 9.59 Å². The van der Waals surface area contributed by atoms with E-state index < -0.39 is 0 Å². The van der Waals surface area contributed by atoms with Crippen molar-refractivity contribution in [1.82, 2.24) is 0 Å². The summed E-state index contributed by atoms with van der Waals surface area (Å²) in [5.41, 5.74) is 5.31. The quantitative estimate of drug-likeness (QED) is 0.390. The fourth-order valence-corrected chi connectivity index (χ4v) is 4.61. The molecule has 4 aromatic rings. The predicted molar refractivity (Wildman–Crippen MR) is 105 cm³/mol. The second kappa shape index (κ2) is 5.48. The minimum absolute atomic E-state index is 0.0611. The van der Waals surface area contributed by atoms with E-state index in [1.54, 1.807) is 35.6 Å². The van der Waals surface area contributed by atoms with Crippen molar-refractivity contribution in [3.8, 4) is 11.1 Å². The van der Waals surface area contributed by atoms with Gasteiger partial charge in [0.15, 0.2) is 11.6 Å². The molecule has 0 saturated heterocycles. The van der Waals surface area contributed by atoms with Gasteiger partial charge in [-0.15, -0.1) is 11.3 Å². The molecule has 3 heteroatoms. The number of aryl methyl sites for hydroxylation is 1. The van der Waals surface area contributed by atoms with Gasteiger partial charge in [0.25, 0.3) is 0 Å². The Morgan fingerprint density at radius 2 is 1.42 bits per heavy atom. The van der Waals surface area contributed by atoms with Gasteiger partial charge in [0, 0.05) is 37.9 Å². The van der Waals surface area contributed by atoms with Crippen molar-refractivity contribution in [2.45, 2.75) is 6.92 Å². The smallest absolute Gasteiger partial charge is 0.195 e. The first-order valence-electron chi connectivity index (χ1n) is 8.45. The third-order valence-corrected chi connectivity index (χ3v) is 5.94. The van der Waals surface area contributed by atoms with Gasteiger partial charge >= 0.3 is 0 Å². The Hall–Kier alpha value is -3.04. The number of ketones is 2. The van der Waals surface area contributed by atoms with Crippen LogP contribution in [0.5, 0.6) is 0 Å². The molecule has 1 heterocycles. The zero-order valence-corrected chi connectivity index (χ0v) is 14.9. The number of hydrogen-bond donors (Lipinski definition) is 0. The lowest BCUT2D eigenvalue weighted by Crippen LogP contribution is -2.21. The monoisotopic (exact) mass is 354 g/mol. The highest BCUT2D eigenvalue weighted by Gasteiger charge is 2.32. The van der Waals surface area contributed by atoms with E-state index in [0.29, 0.717) is 22.3 Å². The van der Waals surface area contributed by atoms with Crippen LogP contribution in [0.4, 0.5) is 0 Å². The van der Waals surface area contributed by atoms with Crippen LogP contribution in [-0.4, -0.2) is 11.6 Å². The molecule has 0 saturated carbocycles. The van der Waals surface area contributed by atoms with Crippen molar-refractivity contribution in [2.24, 2.45) is 0 Å². The number of thiophene rings is 1. The Morgan fingerprint density at radius 3 is 2.15 bits per heavy atom. The van der Waals surface area contributed by atoms with Crippen LogP contribution in [0.15, 0.2) is 66.0 Å². The van der Waals surface area contributed by atoms with Crippen LogP contribution in [0.1, 0.15) is 37.4 Å². The Bertz CT molecular complexity index is 1210. The third-order valence-electron chi connectivity index (χ3n) is 4.99. The summed E-state index contributed by atoms with van der Waals surface area (Å²) in [4.78, 5) is 26.2. The van der Waals surface area contributed by atoms with E-state index in [1.807, 2.05) is 17.5 Å². The molecular formula is C23H14O2S. The van der Waals surface area contributed by atoms with Crippen molar-refractivity contribution in [2.75, 3.05) is 0 Å². The molecule has 0 atom stereocenters. The molecule has 0 fully saturated rings. The minimum atomic E-state index is -0.0725. The van der Waals surface area contributed by atoms with E-state index in [9.17, 15) is 9.59 Å². The maximum Gasteiger partial charge on any atom is 0.195 e. The van der Waals surface area contributed by atoms with E-state index in [-0.39, 0.29) is 11.6 Å². The molecule has 1 aliphatic carbocycles. The number of rotatable bonds is 1. The second-order valence-electron chi connectivity index (χ2n) is 6.58. The number of benzene rings is 3. The van der Waals surface area contributed by atoms with Crippen molar-refractivity contribution in [3.63, 3.8) is 0 Å². The van der Waals surface area contributed by atoms with E-state index in [4.69, 9.17) is 0 Å². The van der Waals surface area contributed by atoms with Gasteiger partial charge in [-0.3, -0.25) is 9.59 Å². The summed E-state index contributed by atoms with van der Waals surface area (Å²) in [6, 6.07) is 19.2. The molecule has 0 spiro atoms. The van der Waals surface area contributed by atoms with Crippen LogP contribution in [-0.2, 0) is 0 Å². The van der Waals surface area contributed by atoms with Crippen molar-refractivity contribution >= 4 is 33.0 Å². The first kappa shape index (κ1) is 15.2. The first-order valence-corrected chi connectivity index (χ1v) is 9.33. The largest absolute Gasteiger partial charge is 0.289 e. The molecular weight excluding hydrogens is 340 g/mol. The molecule has 5 rings (SSSR count). The summed E-state index contributed by atoms with van der Waals surface area (Å²) in [5, 5.41) is 2.86. The summed E-state index contributed by atoms with van der Waals surface area (Å²) in [6.07, 6.45) is 0. The van der Waals surface area contributed by atoms with Crippen molar-refractivity contribution in [1.29, 1.82) is 0 Å². The van der Waals surface area contributed by atoms with Gasteiger partial charge in [-0.2, -0.15) is 0 Å². The average Bonchev–Trinajstić information content (AvgIpc) is 3.15. The van der Waals surface area contributed by atoms with Gasteiger partial charge in [0.1, 0.15) is 0 Å². The van der Waals surface area contributed by atoms with Gasteiger partial charge in [-0.1, -0.05) is 54.1 Å². The fraction of sp³-hybridized carbons (Fsp3) is 0.0435. The third kappa shape index (κ3) is 2.04. The average molecular weight is 354 g/mol. The highest BCUT2D eigenvalue weighted by atomic mass is 32.1. The molecule has 0 unspecified atom stereocenters. The Morgan fingerprint density at radius 1 is 0.731 bits per heavy atom. The van der Waals surface area contributed by atoms with Crippen molar-refractivity contribution in [3.05, 3.63) is 93.9 Å². The Kier molecular flexibility index (Phi) is 3.21. The molecule has 26 heavy (non-hydrogen) atoms. The lowest BCUT2D eigenvalue weighted by Gasteiger charge is -2.19. The standard InChI is InChI=1S/C23H14O2S/c1-13-6-8-14(9-7-13)18-12-19-20(17-10-11-26-23(17)18)22(25)16-5-3-2-4-15(16)21(19)24/h2-12H,1H3. The van der Waals surface area contributed by atoms with Gasteiger partial charge in [0.2, 0.25) is 0 Å². The SMILES string of the molecule is Cc1ccc(-c2cc3c(c4ccsc24)C(=O)c2ccccc2C3=O)cc1. The second-order valence-corrected chi connectivity index (χ2v) is 7.50. The number of hydrogen-bond acceptors (Lipinski definition) is 3. The van der Waals surface area contributed by atoms with Crippen LogP contribution in [0, 0.1) is 6.92 Å². The maximum absolute atomic E-state index is 13.1. The summed E-state index contributed by atoms with van der Waals surface area (Å²) >= 11 is 1.61. The zero-order valence-electron chi connectivity index (χ0n) is 14.1. The summed E-state index contributed by atoms with van der Waals surface area (Å²) < 4.78 is 1.05.